The summed E-state index contributed by atoms with van der Waals surface area (Å²) in [7, 11) is 0. The lowest BCUT2D eigenvalue weighted by molar-refractivity contribution is 0.0991. The summed E-state index contributed by atoms with van der Waals surface area (Å²) >= 11 is 1.70. The van der Waals surface area contributed by atoms with Crippen LogP contribution in [-0.4, -0.2) is 58.8 Å². The minimum Gasteiger partial charge on any atom is -0.360 e. The number of aromatic nitrogens is 2. The molecule has 1 atom stereocenters. The Morgan fingerprint density at radius 3 is 3.16 bits per heavy atom. The zero-order chi connectivity index (χ0) is 13.1. The first-order valence-electron chi connectivity index (χ1n) is 7.38. The summed E-state index contributed by atoms with van der Waals surface area (Å²) in [6.45, 7) is 9.03. The van der Waals surface area contributed by atoms with Crippen molar-refractivity contribution in [1.82, 2.24) is 20.0 Å². The molecule has 2 fully saturated rings. The average Bonchev–Trinajstić information content (AvgIpc) is 3.05. The van der Waals surface area contributed by atoms with Crippen LogP contribution in [0.5, 0.6) is 0 Å². The minimum atomic E-state index is 0.791. The van der Waals surface area contributed by atoms with Crippen molar-refractivity contribution < 1.29 is 0 Å². The molecule has 2 aliphatic heterocycles. The van der Waals surface area contributed by atoms with Gasteiger partial charge in [-0.3, -0.25) is 9.80 Å². The van der Waals surface area contributed by atoms with Crippen LogP contribution < -0.4 is 5.32 Å². The fourth-order valence-electron chi connectivity index (χ4n) is 3.01. The maximum atomic E-state index is 4.30. The number of hydrogen-bond acceptors (Lipinski definition) is 6. The van der Waals surface area contributed by atoms with Crippen molar-refractivity contribution in [2.45, 2.75) is 38.8 Å². The Kier molecular flexibility index (Phi) is 4.30. The van der Waals surface area contributed by atoms with Gasteiger partial charge in [-0.05, 0) is 25.8 Å². The van der Waals surface area contributed by atoms with Gasteiger partial charge in [0.05, 0.1) is 6.54 Å². The molecule has 1 N–H and O–H groups in total. The Balaban J connectivity index is 1.52. The van der Waals surface area contributed by atoms with E-state index in [4.69, 9.17) is 0 Å². The predicted molar refractivity (Wildman–Crippen MR) is 78.6 cm³/mol. The van der Waals surface area contributed by atoms with Crippen LogP contribution in [0.3, 0.4) is 0 Å². The SMILES string of the molecule is CCCNc1nnc(CN2CCN3CCCC3C2)s1. The Morgan fingerprint density at radius 2 is 2.26 bits per heavy atom. The molecule has 19 heavy (non-hydrogen) atoms. The molecular weight excluding hydrogens is 258 g/mol. The smallest absolute Gasteiger partial charge is 0.205 e. The third-order valence-corrected chi connectivity index (χ3v) is 4.89. The van der Waals surface area contributed by atoms with Crippen LogP contribution in [0.1, 0.15) is 31.2 Å². The topological polar surface area (TPSA) is 44.3 Å². The summed E-state index contributed by atoms with van der Waals surface area (Å²) in [4.78, 5) is 5.18. The molecule has 0 bridgehead atoms. The molecule has 1 aromatic heterocycles. The summed E-state index contributed by atoms with van der Waals surface area (Å²) in [6, 6.07) is 0.791. The second-order valence-electron chi connectivity index (χ2n) is 5.49. The van der Waals surface area contributed by atoms with Gasteiger partial charge in [0.2, 0.25) is 5.13 Å². The molecule has 1 unspecified atom stereocenters. The molecule has 1 aromatic rings. The lowest BCUT2D eigenvalue weighted by Gasteiger charge is -2.36. The van der Waals surface area contributed by atoms with Gasteiger partial charge >= 0.3 is 0 Å². The number of nitrogens with zero attached hydrogens (tertiary/aromatic N) is 4. The highest BCUT2D eigenvalue weighted by atomic mass is 32.1. The quantitative estimate of drug-likeness (QED) is 0.889. The number of hydrogen-bond donors (Lipinski definition) is 1. The van der Waals surface area contributed by atoms with Gasteiger partial charge in [0.1, 0.15) is 5.01 Å². The third-order valence-electron chi connectivity index (χ3n) is 4.02. The summed E-state index contributed by atoms with van der Waals surface area (Å²) in [6.07, 6.45) is 3.87. The molecule has 106 valence electrons. The molecule has 0 aromatic carbocycles. The van der Waals surface area contributed by atoms with E-state index in [0.29, 0.717) is 0 Å². The van der Waals surface area contributed by atoms with E-state index in [1.54, 1.807) is 11.3 Å². The second-order valence-corrected chi connectivity index (χ2v) is 6.56. The largest absolute Gasteiger partial charge is 0.360 e. The van der Waals surface area contributed by atoms with Crippen LogP contribution in [0.2, 0.25) is 0 Å². The van der Waals surface area contributed by atoms with E-state index in [-0.39, 0.29) is 0 Å². The van der Waals surface area contributed by atoms with E-state index in [1.165, 1.54) is 39.0 Å². The Hall–Kier alpha value is -0.720. The normalized spacial score (nSPS) is 24.6. The van der Waals surface area contributed by atoms with Gasteiger partial charge in [0.15, 0.2) is 0 Å². The van der Waals surface area contributed by atoms with E-state index in [1.807, 2.05) is 0 Å². The number of fused-ring (bicyclic) bond motifs is 1. The van der Waals surface area contributed by atoms with Gasteiger partial charge in [0.25, 0.3) is 0 Å². The fourth-order valence-corrected chi connectivity index (χ4v) is 3.82. The molecule has 5 nitrogen and oxygen atoms in total. The van der Waals surface area contributed by atoms with Gasteiger partial charge in [-0.25, -0.2) is 0 Å². The van der Waals surface area contributed by atoms with E-state index in [9.17, 15) is 0 Å². The van der Waals surface area contributed by atoms with Crippen LogP contribution in [-0.2, 0) is 6.54 Å². The van der Waals surface area contributed by atoms with Crippen LogP contribution in [0, 0.1) is 0 Å². The van der Waals surface area contributed by atoms with Gasteiger partial charge in [-0.1, -0.05) is 18.3 Å². The zero-order valence-electron chi connectivity index (χ0n) is 11.6. The first kappa shape index (κ1) is 13.3. The average molecular weight is 281 g/mol. The Labute approximate surface area is 119 Å². The first-order valence-corrected chi connectivity index (χ1v) is 8.19. The summed E-state index contributed by atoms with van der Waals surface area (Å²) in [5, 5.41) is 13.9. The van der Waals surface area contributed by atoms with Gasteiger partial charge in [0, 0.05) is 32.2 Å². The molecule has 0 spiro atoms. The van der Waals surface area contributed by atoms with Crippen LogP contribution in [0.4, 0.5) is 5.13 Å². The van der Waals surface area contributed by atoms with Crippen molar-refractivity contribution in [1.29, 1.82) is 0 Å². The Morgan fingerprint density at radius 1 is 1.32 bits per heavy atom. The molecule has 6 heteroatoms. The molecule has 2 saturated heterocycles. The van der Waals surface area contributed by atoms with E-state index in [2.05, 4.69) is 32.2 Å². The maximum Gasteiger partial charge on any atom is 0.205 e. The van der Waals surface area contributed by atoms with E-state index >= 15 is 0 Å². The molecule has 0 amide bonds. The lowest BCUT2D eigenvalue weighted by atomic mass is 10.1. The van der Waals surface area contributed by atoms with Gasteiger partial charge in [-0.15, -0.1) is 10.2 Å². The van der Waals surface area contributed by atoms with Crippen molar-refractivity contribution in [3.8, 4) is 0 Å². The summed E-state index contributed by atoms with van der Waals surface area (Å²) in [5.74, 6) is 0. The predicted octanol–water partition coefficient (Wildman–Crippen LogP) is 1.64. The number of rotatable bonds is 5. The summed E-state index contributed by atoms with van der Waals surface area (Å²) < 4.78 is 0. The molecule has 3 heterocycles. The molecule has 0 aliphatic carbocycles. The second kappa shape index (κ2) is 6.15. The fraction of sp³-hybridized carbons (Fsp3) is 0.846. The summed E-state index contributed by atoms with van der Waals surface area (Å²) in [5.41, 5.74) is 0. The molecule has 0 saturated carbocycles. The van der Waals surface area contributed by atoms with Crippen LogP contribution in [0.15, 0.2) is 0 Å². The maximum absolute atomic E-state index is 4.30. The molecule has 2 aliphatic rings. The minimum absolute atomic E-state index is 0.791. The van der Waals surface area contributed by atoms with E-state index in [0.717, 1.165) is 35.7 Å². The van der Waals surface area contributed by atoms with E-state index < -0.39 is 0 Å². The Bertz CT molecular complexity index is 407. The zero-order valence-corrected chi connectivity index (χ0v) is 12.5. The third kappa shape index (κ3) is 3.24. The first-order chi connectivity index (χ1) is 9.35. The number of piperazine rings is 1. The highest BCUT2D eigenvalue weighted by Crippen LogP contribution is 2.23. The van der Waals surface area contributed by atoms with Crippen molar-refractivity contribution in [3.63, 3.8) is 0 Å². The molecule has 3 rings (SSSR count). The van der Waals surface area contributed by atoms with Crippen molar-refractivity contribution in [3.05, 3.63) is 5.01 Å². The van der Waals surface area contributed by atoms with Gasteiger partial charge in [-0.2, -0.15) is 0 Å². The monoisotopic (exact) mass is 281 g/mol. The highest BCUT2D eigenvalue weighted by molar-refractivity contribution is 7.15. The van der Waals surface area contributed by atoms with Crippen molar-refractivity contribution in [2.75, 3.05) is 38.0 Å². The van der Waals surface area contributed by atoms with Crippen molar-refractivity contribution in [2.24, 2.45) is 0 Å². The standard InChI is InChI=1S/C13H23N5S/c1-2-5-14-13-16-15-12(19-13)10-17-7-8-18-6-3-4-11(18)9-17/h11H,2-10H2,1H3,(H,14,16). The molecule has 0 radical (unpaired) electrons. The lowest BCUT2D eigenvalue weighted by Crippen LogP contribution is -2.49. The van der Waals surface area contributed by atoms with Crippen LogP contribution in [0.25, 0.3) is 0 Å². The molecular formula is C13H23N5S. The van der Waals surface area contributed by atoms with Crippen LogP contribution >= 0.6 is 11.3 Å². The van der Waals surface area contributed by atoms with Gasteiger partial charge < -0.3 is 5.32 Å². The number of anilines is 1. The van der Waals surface area contributed by atoms with Crippen molar-refractivity contribution >= 4 is 16.5 Å². The number of nitrogens with one attached hydrogen (secondary N) is 1. The highest BCUT2D eigenvalue weighted by Gasteiger charge is 2.30.